The number of amides is 1. The Morgan fingerprint density at radius 1 is 1.29 bits per heavy atom. The van der Waals surface area contributed by atoms with Gasteiger partial charge in [-0.2, -0.15) is 0 Å². The number of hydrogen-bond acceptors (Lipinski definition) is 6. The predicted octanol–water partition coefficient (Wildman–Crippen LogP) is 4.64. The molecule has 1 amide bonds. The number of aryl methyl sites for hydroxylation is 1. The molecule has 3 heterocycles. The Morgan fingerprint density at radius 3 is 2.89 bits per heavy atom. The van der Waals surface area contributed by atoms with Gasteiger partial charge in [-0.3, -0.25) is 4.79 Å². The number of carbonyl (C=O) groups excluding carboxylic acids is 1. The lowest BCUT2D eigenvalue weighted by Crippen LogP contribution is -2.38. The molecule has 0 spiro atoms. The number of carbonyl (C=O) groups is 1. The number of ether oxygens (including phenoxy) is 1. The standard InChI is InChI=1S/C21H24N4O2S/c1-13-8-6-7-11-25(13)19-17-14(2)18(28-21(17)23-12-22-19)20(26)24-15-9-4-5-10-16(15)27-3/h4-5,9-10,12-13H,6-8,11H2,1-3H3,(H,24,26). The zero-order chi connectivity index (χ0) is 19.7. The van der Waals surface area contributed by atoms with Crippen LogP contribution in [0.2, 0.25) is 0 Å². The van der Waals surface area contributed by atoms with Crippen molar-refractivity contribution in [3.8, 4) is 5.75 Å². The maximum atomic E-state index is 13.0. The monoisotopic (exact) mass is 396 g/mol. The SMILES string of the molecule is COc1ccccc1NC(=O)c1sc2ncnc(N3CCCCC3C)c2c1C. The van der Waals surface area contributed by atoms with E-state index in [9.17, 15) is 4.79 Å². The molecule has 6 nitrogen and oxygen atoms in total. The topological polar surface area (TPSA) is 67.3 Å². The number of hydrogen-bond donors (Lipinski definition) is 1. The minimum Gasteiger partial charge on any atom is -0.495 e. The first kappa shape index (κ1) is 18.7. The molecule has 3 aromatic rings. The number of rotatable bonds is 4. The zero-order valence-electron chi connectivity index (χ0n) is 16.4. The lowest BCUT2D eigenvalue weighted by molar-refractivity contribution is 0.102. The van der Waals surface area contributed by atoms with Crippen molar-refractivity contribution in [2.75, 3.05) is 23.9 Å². The summed E-state index contributed by atoms with van der Waals surface area (Å²) < 4.78 is 5.34. The van der Waals surface area contributed by atoms with Crippen molar-refractivity contribution >= 4 is 39.0 Å². The van der Waals surface area contributed by atoms with Crippen molar-refractivity contribution in [2.45, 2.75) is 39.2 Å². The van der Waals surface area contributed by atoms with Gasteiger partial charge in [0.1, 0.15) is 22.7 Å². The van der Waals surface area contributed by atoms with E-state index in [1.165, 1.54) is 24.2 Å². The Hall–Kier alpha value is -2.67. The van der Waals surface area contributed by atoms with Crippen LogP contribution in [0.5, 0.6) is 5.75 Å². The number of fused-ring (bicyclic) bond motifs is 1. The molecule has 0 radical (unpaired) electrons. The molecule has 4 rings (SSSR count). The summed E-state index contributed by atoms with van der Waals surface area (Å²) in [5.74, 6) is 1.43. The highest BCUT2D eigenvalue weighted by molar-refractivity contribution is 7.20. The van der Waals surface area contributed by atoms with E-state index in [1.807, 2.05) is 31.2 Å². The second-order valence-electron chi connectivity index (χ2n) is 7.13. The molecule has 1 aromatic carbocycles. The Balaban J connectivity index is 1.72. The summed E-state index contributed by atoms with van der Waals surface area (Å²) in [5.41, 5.74) is 1.59. The van der Waals surface area contributed by atoms with Gasteiger partial charge in [0.15, 0.2) is 0 Å². The number of methoxy groups -OCH3 is 1. The second-order valence-corrected chi connectivity index (χ2v) is 8.13. The molecule has 1 N–H and O–H groups in total. The number of para-hydroxylation sites is 2. The summed E-state index contributed by atoms with van der Waals surface area (Å²) in [5, 5.41) is 3.96. The molecule has 0 aliphatic carbocycles. The maximum Gasteiger partial charge on any atom is 0.266 e. The summed E-state index contributed by atoms with van der Waals surface area (Å²) in [6.07, 6.45) is 5.19. The summed E-state index contributed by atoms with van der Waals surface area (Å²) in [7, 11) is 1.59. The van der Waals surface area contributed by atoms with Gasteiger partial charge < -0.3 is 15.0 Å². The molecule has 1 saturated heterocycles. The molecular formula is C21H24N4O2S. The molecule has 1 atom stereocenters. The van der Waals surface area contributed by atoms with Crippen LogP contribution in [-0.2, 0) is 0 Å². The van der Waals surface area contributed by atoms with Crippen molar-refractivity contribution in [2.24, 2.45) is 0 Å². The van der Waals surface area contributed by atoms with Gasteiger partial charge in [-0.05, 0) is 50.8 Å². The molecule has 0 saturated carbocycles. The van der Waals surface area contributed by atoms with Gasteiger partial charge in [0.2, 0.25) is 0 Å². The first-order chi connectivity index (χ1) is 13.6. The van der Waals surface area contributed by atoms with Gasteiger partial charge in [-0.1, -0.05) is 12.1 Å². The molecule has 28 heavy (non-hydrogen) atoms. The third kappa shape index (κ3) is 3.30. The van der Waals surface area contributed by atoms with Crippen LogP contribution in [0.4, 0.5) is 11.5 Å². The lowest BCUT2D eigenvalue weighted by atomic mass is 10.0. The predicted molar refractivity (Wildman–Crippen MR) is 114 cm³/mol. The molecule has 1 unspecified atom stereocenters. The molecule has 2 aromatic heterocycles. The number of nitrogens with one attached hydrogen (secondary N) is 1. The minimum atomic E-state index is -0.150. The fourth-order valence-electron chi connectivity index (χ4n) is 3.83. The Labute approximate surface area is 168 Å². The molecular weight excluding hydrogens is 372 g/mol. The van der Waals surface area contributed by atoms with Crippen LogP contribution in [0, 0.1) is 6.92 Å². The first-order valence-electron chi connectivity index (χ1n) is 9.55. The summed E-state index contributed by atoms with van der Waals surface area (Å²) in [4.78, 5) is 25.9. The highest BCUT2D eigenvalue weighted by atomic mass is 32.1. The van der Waals surface area contributed by atoms with E-state index in [1.54, 1.807) is 13.4 Å². The molecule has 0 bridgehead atoms. The average molecular weight is 397 g/mol. The lowest BCUT2D eigenvalue weighted by Gasteiger charge is -2.34. The number of anilines is 2. The average Bonchev–Trinajstić information content (AvgIpc) is 3.06. The van der Waals surface area contributed by atoms with Crippen LogP contribution in [0.3, 0.4) is 0 Å². The summed E-state index contributed by atoms with van der Waals surface area (Å²) in [6.45, 7) is 5.22. The van der Waals surface area contributed by atoms with Crippen molar-refractivity contribution in [1.29, 1.82) is 0 Å². The van der Waals surface area contributed by atoms with E-state index in [4.69, 9.17) is 4.74 Å². The number of piperidine rings is 1. The van der Waals surface area contributed by atoms with Gasteiger partial charge in [-0.15, -0.1) is 11.3 Å². The van der Waals surface area contributed by atoms with Gasteiger partial charge in [0, 0.05) is 12.6 Å². The third-order valence-corrected chi connectivity index (χ3v) is 6.54. The summed E-state index contributed by atoms with van der Waals surface area (Å²) in [6, 6.07) is 7.85. The highest BCUT2D eigenvalue weighted by Crippen LogP contribution is 2.37. The third-order valence-electron chi connectivity index (χ3n) is 5.34. The second kappa shape index (κ2) is 7.75. The van der Waals surface area contributed by atoms with Gasteiger partial charge in [0.25, 0.3) is 5.91 Å². The number of benzene rings is 1. The van der Waals surface area contributed by atoms with Gasteiger partial charge in [0.05, 0.1) is 23.1 Å². The normalized spacial score (nSPS) is 17.0. The zero-order valence-corrected chi connectivity index (χ0v) is 17.2. The number of aromatic nitrogens is 2. The van der Waals surface area contributed by atoms with Crippen LogP contribution < -0.4 is 15.0 Å². The van der Waals surface area contributed by atoms with Crippen molar-refractivity contribution in [1.82, 2.24) is 9.97 Å². The van der Waals surface area contributed by atoms with Gasteiger partial charge >= 0.3 is 0 Å². The van der Waals surface area contributed by atoms with Crippen molar-refractivity contribution in [3.05, 3.63) is 41.0 Å². The highest BCUT2D eigenvalue weighted by Gasteiger charge is 2.26. The van der Waals surface area contributed by atoms with Crippen molar-refractivity contribution in [3.63, 3.8) is 0 Å². The number of nitrogens with zero attached hydrogens (tertiary/aromatic N) is 3. The smallest absolute Gasteiger partial charge is 0.266 e. The quantitative estimate of drug-likeness (QED) is 0.696. The van der Waals surface area contributed by atoms with E-state index in [2.05, 4.69) is 27.1 Å². The Morgan fingerprint density at radius 2 is 2.11 bits per heavy atom. The van der Waals surface area contributed by atoms with E-state index in [0.29, 0.717) is 22.4 Å². The maximum absolute atomic E-state index is 13.0. The van der Waals surface area contributed by atoms with Crippen LogP contribution in [0.25, 0.3) is 10.2 Å². The van der Waals surface area contributed by atoms with E-state index < -0.39 is 0 Å². The fraction of sp³-hybridized carbons (Fsp3) is 0.381. The Kier molecular flexibility index (Phi) is 5.17. The van der Waals surface area contributed by atoms with Crippen LogP contribution >= 0.6 is 11.3 Å². The summed E-state index contributed by atoms with van der Waals surface area (Å²) >= 11 is 1.41. The van der Waals surface area contributed by atoms with E-state index in [0.717, 1.165) is 34.6 Å². The molecule has 1 aliphatic heterocycles. The molecule has 7 heteroatoms. The number of thiophene rings is 1. The van der Waals surface area contributed by atoms with Gasteiger partial charge in [-0.25, -0.2) is 9.97 Å². The van der Waals surface area contributed by atoms with Crippen molar-refractivity contribution < 1.29 is 9.53 Å². The largest absolute Gasteiger partial charge is 0.495 e. The van der Waals surface area contributed by atoms with E-state index >= 15 is 0 Å². The Bertz CT molecular complexity index is 1020. The molecule has 1 aliphatic rings. The van der Waals surface area contributed by atoms with Crippen LogP contribution in [0.1, 0.15) is 41.4 Å². The fourth-order valence-corrected chi connectivity index (χ4v) is 4.87. The first-order valence-corrected chi connectivity index (χ1v) is 10.4. The van der Waals surface area contributed by atoms with E-state index in [-0.39, 0.29) is 5.91 Å². The van der Waals surface area contributed by atoms with Crippen LogP contribution in [0.15, 0.2) is 30.6 Å². The molecule has 1 fully saturated rings. The molecule has 146 valence electrons. The van der Waals surface area contributed by atoms with Crippen LogP contribution in [-0.4, -0.2) is 35.6 Å². The minimum absolute atomic E-state index is 0.150.